The smallest absolute Gasteiger partial charge is 0.244 e. The number of rotatable bonds is 12. The maximum absolute atomic E-state index is 13.1. The Hall–Kier alpha value is -2.42. The van der Waals surface area contributed by atoms with E-state index in [0.29, 0.717) is 19.6 Å². The van der Waals surface area contributed by atoms with Crippen LogP contribution in [0.15, 0.2) is 53.4 Å². The SMILES string of the molecule is COc1ccc(C)cc1S(=O)(=O)N[C@H](Cc1ccccc1)C(=O)NCCCOC(C)C. The number of amides is 1. The lowest BCUT2D eigenvalue weighted by atomic mass is 10.1. The van der Waals surface area contributed by atoms with Crippen LogP contribution < -0.4 is 14.8 Å². The van der Waals surface area contributed by atoms with Crippen LogP contribution in [0.3, 0.4) is 0 Å². The van der Waals surface area contributed by atoms with Gasteiger partial charge in [0.25, 0.3) is 0 Å². The maximum atomic E-state index is 13.1. The molecule has 0 heterocycles. The van der Waals surface area contributed by atoms with Crippen LogP contribution in [-0.4, -0.2) is 46.7 Å². The van der Waals surface area contributed by atoms with Crippen LogP contribution in [0.2, 0.25) is 0 Å². The highest BCUT2D eigenvalue weighted by molar-refractivity contribution is 7.89. The second-order valence-electron chi connectivity index (χ2n) is 7.58. The molecule has 0 fully saturated rings. The van der Waals surface area contributed by atoms with Crippen LogP contribution in [0.4, 0.5) is 0 Å². The number of benzene rings is 2. The molecule has 0 spiro atoms. The van der Waals surface area contributed by atoms with Gasteiger partial charge in [-0.3, -0.25) is 4.79 Å². The Labute approximate surface area is 185 Å². The fraction of sp³-hybridized carbons (Fsp3) is 0.435. The summed E-state index contributed by atoms with van der Waals surface area (Å²) in [7, 11) is -2.58. The van der Waals surface area contributed by atoms with E-state index >= 15 is 0 Å². The molecular formula is C23H32N2O5S. The number of nitrogens with one attached hydrogen (secondary N) is 2. The summed E-state index contributed by atoms with van der Waals surface area (Å²) in [4.78, 5) is 12.9. The van der Waals surface area contributed by atoms with Crippen LogP contribution in [0, 0.1) is 6.92 Å². The maximum Gasteiger partial charge on any atom is 0.244 e. The average molecular weight is 449 g/mol. The lowest BCUT2D eigenvalue weighted by Gasteiger charge is -2.20. The van der Waals surface area contributed by atoms with Crippen molar-refractivity contribution >= 4 is 15.9 Å². The quantitative estimate of drug-likeness (QED) is 0.487. The zero-order chi connectivity index (χ0) is 22.9. The van der Waals surface area contributed by atoms with Gasteiger partial charge in [-0.15, -0.1) is 0 Å². The first kappa shape index (κ1) is 24.8. The van der Waals surface area contributed by atoms with Crippen LogP contribution in [-0.2, 0) is 26.0 Å². The van der Waals surface area contributed by atoms with Crippen molar-refractivity contribution < 1.29 is 22.7 Å². The molecular weight excluding hydrogens is 416 g/mol. The molecule has 0 aromatic heterocycles. The summed E-state index contributed by atoms with van der Waals surface area (Å²) >= 11 is 0. The largest absolute Gasteiger partial charge is 0.495 e. The minimum absolute atomic E-state index is 0.00574. The fourth-order valence-corrected chi connectivity index (χ4v) is 4.46. The van der Waals surface area contributed by atoms with Gasteiger partial charge < -0.3 is 14.8 Å². The van der Waals surface area contributed by atoms with Gasteiger partial charge in [-0.2, -0.15) is 4.72 Å². The van der Waals surface area contributed by atoms with Gasteiger partial charge in [0, 0.05) is 13.2 Å². The van der Waals surface area contributed by atoms with E-state index in [1.807, 2.05) is 44.2 Å². The van der Waals surface area contributed by atoms with E-state index in [4.69, 9.17) is 9.47 Å². The van der Waals surface area contributed by atoms with Crippen molar-refractivity contribution in [1.29, 1.82) is 0 Å². The zero-order valence-corrected chi connectivity index (χ0v) is 19.4. The number of carbonyl (C=O) groups excluding carboxylic acids is 1. The van der Waals surface area contributed by atoms with Gasteiger partial charge in [0.2, 0.25) is 15.9 Å². The number of sulfonamides is 1. The van der Waals surface area contributed by atoms with E-state index in [-0.39, 0.29) is 29.1 Å². The number of hydrogen-bond acceptors (Lipinski definition) is 5. The molecule has 0 aliphatic heterocycles. The normalized spacial score (nSPS) is 12.5. The summed E-state index contributed by atoms with van der Waals surface area (Å²) in [6.45, 7) is 6.61. The summed E-state index contributed by atoms with van der Waals surface area (Å²) < 4.78 is 39.5. The van der Waals surface area contributed by atoms with Crippen molar-refractivity contribution in [1.82, 2.24) is 10.0 Å². The predicted molar refractivity (Wildman–Crippen MR) is 121 cm³/mol. The third kappa shape index (κ3) is 7.97. The van der Waals surface area contributed by atoms with E-state index in [0.717, 1.165) is 11.1 Å². The number of ether oxygens (including phenoxy) is 2. The lowest BCUT2D eigenvalue weighted by molar-refractivity contribution is -0.122. The van der Waals surface area contributed by atoms with Crippen molar-refractivity contribution in [2.24, 2.45) is 0 Å². The van der Waals surface area contributed by atoms with Gasteiger partial charge in [0.1, 0.15) is 16.7 Å². The Bertz CT molecular complexity index is 946. The Balaban J connectivity index is 2.18. The van der Waals surface area contributed by atoms with Crippen molar-refractivity contribution in [3.63, 3.8) is 0 Å². The Morgan fingerprint density at radius 3 is 2.45 bits per heavy atom. The molecule has 0 saturated carbocycles. The summed E-state index contributed by atoms with van der Waals surface area (Å²) in [5, 5.41) is 2.81. The number of methoxy groups -OCH3 is 1. The highest BCUT2D eigenvalue weighted by Gasteiger charge is 2.28. The highest BCUT2D eigenvalue weighted by Crippen LogP contribution is 2.25. The molecule has 2 N–H and O–H groups in total. The van der Waals surface area contributed by atoms with Crippen LogP contribution >= 0.6 is 0 Å². The van der Waals surface area contributed by atoms with Gasteiger partial charge in [0.05, 0.1) is 13.2 Å². The number of hydrogen-bond donors (Lipinski definition) is 2. The van der Waals surface area contributed by atoms with Crippen LogP contribution in [0.5, 0.6) is 5.75 Å². The summed E-state index contributed by atoms with van der Waals surface area (Å²) in [5.74, 6) is -0.161. The third-order valence-corrected chi connectivity index (χ3v) is 6.07. The molecule has 0 bridgehead atoms. The molecule has 0 aliphatic carbocycles. The third-order valence-electron chi connectivity index (χ3n) is 4.58. The first-order valence-electron chi connectivity index (χ1n) is 10.3. The van der Waals surface area contributed by atoms with Crippen molar-refractivity contribution in [3.05, 3.63) is 59.7 Å². The highest BCUT2D eigenvalue weighted by atomic mass is 32.2. The van der Waals surface area contributed by atoms with E-state index in [1.165, 1.54) is 13.2 Å². The first-order chi connectivity index (χ1) is 14.7. The second-order valence-corrected chi connectivity index (χ2v) is 9.26. The lowest BCUT2D eigenvalue weighted by Crippen LogP contribution is -2.48. The molecule has 1 amide bonds. The standard InChI is InChI=1S/C23H32N2O5S/c1-17(2)30-14-8-13-24-23(26)20(16-19-9-6-5-7-10-19)25-31(27,28)22-15-18(3)11-12-21(22)29-4/h5-7,9-12,15,17,20,25H,8,13-14,16H2,1-4H3,(H,24,26)/t20-/m1/s1. The topological polar surface area (TPSA) is 93.7 Å². The van der Waals surface area contributed by atoms with E-state index in [9.17, 15) is 13.2 Å². The molecule has 31 heavy (non-hydrogen) atoms. The van der Waals surface area contributed by atoms with Crippen molar-refractivity contribution in [2.45, 2.75) is 50.7 Å². The molecule has 0 unspecified atom stereocenters. The molecule has 1 atom stereocenters. The molecule has 7 nitrogen and oxygen atoms in total. The molecule has 0 saturated heterocycles. The van der Waals surface area contributed by atoms with Gasteiger partial charge in [-0.05, 0) is 56.9 Å². The van der Waals surface area contributed by atoms with E-state index < -0.39 is 16.1 Å². The molecule has 2 aromatic carbocycles. The van der Waals surface area contributed by atoms with Gasteiger partial charge in [-0.1, -0.05) is 36.4 Å². The summed E-state index contributed by atoms with van der Waals surface area (Å²) in [6.07, 6.45) is 0.987. The Morgan fingerprint density at radius 1 is 1.10 bits per heavy atom. The molecule has 0 aliphatic rings. The molecule has 170 valence electrons. The van der Waals surface area contributed by atoms with Crippen molar-refractivity contribution in [2.75, 3.05) is 20.3 Å². The average Bonchev–Trinajstić information content (AvgIpc) is 2.73. The zero-order valence-electron chi connectivity index (χ0n) is 18.6. The molecule has 8 heteroatoms. The Kier molecular flexibility index (Phi) is 9.48. The predicted octanol–water partition coefficient (Wildman–Crippen LogP) is 2.82. The van der Waals surface area contributed by atoms with E-state index in [1.54, 1.807) is 19.1 Å². The Morgan fingerprint density at radius 2 is 1.81 bits per heavy atom. The van der Waals surface area contributed by atoms with E-state index in [2.05, 4.69) is 10.0 Å². The minimum atomic E-state index is -4.00. The summed E-state index contributed by atoms with van der Waals surface area (Å²) in [5.41, 5.74) is 1.63. The number of aryl methyl sites for hydroxylation is 1. The monoisotopic (exact) mass is 448 g/mol. The minimum Gasteiger partial charge on any atom is -0.495 e. The summed E-state index contributed by atoms with van der Waals surface area (Å²) in [6, 6.07) is 13.2. The fourth-order valence-electron chi connectivity index (χ4n) is 3.01. The van der Waals surface area contributed by atoms with Gasteiger partial charge in [-0.25, -0.2) is 8.42 Å². The molecule has 2 rings (SSSR count). The van der Waals surface area contributed by atoms with Crippen LogP contribution in [0.25, 0.3) is 0 Å². The van der Waals surface area contributed by atoms with Gasteiger partial charge >= 0.3 is 0 Å². The van der Waals surface area contributed by atoms with Gasteiger partial charge in [0.15, 0.2) is 0 Å². The second kappa shape index (κ2) is 11.8. The first-order valence-corrected chi connectivity index (χ1v) is 11.8. The van der Waals surface area contributed by atoms with Crippen molar-refractivity contribution in [3.8, 4) is 5.75 Å². The van der Waals surface area contributed by atoms with Crippen LogP contribution in [0.1, 0.15) is 31.4 Å². The molecule has 0 radical (unpaired) electrons. The molecule has 2 aromatic rings. The number of carbonyl (C=O) groups is 1.